The lowest BCUT2D eigenvalue weighted by atomic mass is 10.2. The number of aromatic nitrogens is 5. The predicted molar refractivity (Wildman–Crippen MR) is 98.9 cm³/mol. The number of hydrogen-bond acceptors (Lipinski definition) is 8. The van der Waals surface area contributed by atoms with Crippen LogP contribution in [0.25, 0.3) is 0 Å². The van der Waals surface area contributed by atoms with Crippen molar-refractivity contribution >= 4 is 23.3 Å². The fourth-order valence-electron chi connectivity index (χ4n) is 2.56. The van der Waals surface area contributed by atoms with Gasteiger partial charge in [0.25, 0.3) is 0 Å². The van der Waals surface area contributed by atoms with E-state index in [1.54, 1.807) is 0 Å². The predicted octanol–water partition coefficient (Wildman–Crippen LogP) is 3.54. The first-order valence-corrected chi connectivity index (χ1v) is 9.80. The van der Waals surface area contributed by atoms with Crippen LogP contribution in [0.3, 0.4) is 0 Å². The molecule has 0 spiro atoms. The quantitative estimate of drug-likeness (QED) is 0.599. The molecule has 0 N–H and O–H groups in total. The Morgan fingerprint density at radius 1 is 1.35 bits per heavy atom. The summed E-state index contributed by atoms with van der Waals surface area (Å²) in [4.78, 5) is 4.48. The molecule has 4 rings (SSSR count). The topological polar surface area (TPSA) is 75.0 Å². The summed E-state index contributed by atoms with van der Waals surface area (Å²) < 4.78 is 19.0. The number of rotatable bonds is 6. The molecule has 0 bridgehead atoms. The Balaban J connectivity index is 1.60. The van der Waals surface area contributed by atoms with Crippen molar-refractivity contribution in [2.24, 2.45) is 0 Å². The van der Waals surface area contributed by atoms with Crippen molar-refractivity contribution in [2.75, 3.05) is 6.61 Å². The zero-order valence-electron chi connectivity index (χ0n) is 14.2. The molecule has 1 atom stereocenters. The first-order valence-electron chi connectivity index (χ1n) is 8.21. The largest absolute Gasteiger partial charge is 0.485 e. The number of para-hydroxylation sites is 2. The van der Waals surface area contributed by atoms with Gasteiger partial charge in [-0.05, 0) is 35.4 Å². The van der Waals surface area contributed by atoms with E-state index >= 15 is 0 Å². The summed E-state index contributed by atoms with van der Waals surface area (Å²) in [5.74, 6) is 3.01. The van der Waals surface area contributed by atoms with Crippen LogP contribution in [-0.4, -0.2) is 30.7 Å². The lowest BCUT2D eigenvalue weighted by Crippen LogP contribution is -2.25. The van der Waals surface area contributed by atoms with Gasteiger partial charge in [-0.25, -0.2) is 4.98 Å². The van der Waals surface area contributed by atoms with Crippen molar-refractivity contribution < 1.29 is 9.47 Å². The molecule has 0 saturated carbocycles. The van der Waals surface area contributed by atoms with E-state index in [-0.39, 0.29) is 6.10 Å². The lowest BCUT2D eigenvalue weighted by Gasteiger charge is -2.26. The lowest BCUT2D eigenvalue weighted by molar-refractivity contribution is 0.0821. The average molecular weight is 387 g/mol. The SMILES string of the molecule is C=CCn1c(Sc2nc(CC)ns2)nnc1C1COc2ccccc2O1. The third-order valence-electron chi connectivity index (χ3n) is 3.80. The second kappa shape index (κ2) is 7.46. The van der Waals surface area contributed by atoms with Crippen LogP contribution in [-0.2, 0) is 13.0 Å². The van der Waals surface area contributed by atoms with Gasteiger partial charge in [-0.1, -0.05) is 25.1 Å². The number of hydrogen-bond donors (Lipinski definition) is 0. The van der Waals surface area contributed by atoms with E-state index in [0.29, 0.717) is 24.7 Å². The van der Waals surface area contributed by atoms with Crippen molar-refractivity contribution in [3.63, 3.8) is 0 Å². The highest BCUT2D eigenvalue weighted by atomic mass is 32.2. The van der Waals surface area contributed by atoms with Gasteiger partial charge in [-0.2, -0.15) is 4.37 Å². The fourth-order valence-corrected chi connectivity index (χ4v) is 4.21. The van der Waals surface area contributed by atoms with Crippen molar-refractivity contribution in [1.29, 1.82) is 0 Å². The Hall–Kier alpha value is -2.39. The molecule has 0 aliphatic carbocycles. The molecule has 0 radical (unpaired) electrons. The van der Waals surface area contributed by atoms with Gasteiger partial charge in [-0.3, -0.25) is 4.57 Å². The molecular weight excluding hydrogens is 370 g/mol. The molecule has 1 aliphatic rings. The molecule has 2 aromatic heterocycles. The molecule has 0 fully saturated rings. The summed E-state index contributed by atoms with van der Waals surface area (Å²) in [6, 6.07) is 7.62. The molecule has 1 aliphatic heterocycles. The van der Waals surface area contributed by atoms with Crippen molar-refractivity contribution in [3.8, 4) is 11.5 Å². The molecule has 26 heavy (non-hydrogen) atoms. The standard InChI is InChI=1S/C17H17N5O2S2/c1-3-9-22-15(13-10-23-11-7-5-6-8-12(11)24-13)19-20-16(22)25-17-18-14(4-2)21-26-17/h3,5-8,13H,1,4,9-10H2,2H3. The van der Waals surface area contributed by atoms with Crippen LogP contribution < -0.4 is 9.47 Å². The molecule has 1 aromatic carbocycles. The number of fused-ring (bicyclic) bond motifs is 1. The van der Waals surface area contributed by atoms with Crippen LogP contribution >= 0.6 is 23.3 Å². The highest BCUT2D eigenvalue weighted by Gasteiger charge is 2.28. The van der Waals surface area contributed by atoms with Gasteiger partial charge in [0.1, 0.15) is 12.4 Å². The molecule has 7 nitrogen and oxygen atoms in total. The Kier molecular flexibility index (Phi) is 4.89. The smallest absolute Gasteiger partial charge is 0.198 e. The second-order valence-corrected chi connectivity index (χ2v) is 7.50. The normalized spacial score (nSPS) is 15.8. The van der Waals surface area contributed by atoms with Crippen LogP contribution in [0, 0.1) is 0 Å². The second-order valence-electron chi connectivity index (χ2n) is 5.54. The van der Waals surface area contributed by atoms with E-state index in [1.165, 1.54) is 23.3 Å². The maximum absolute atomic E-state index is 6.07. The third kappa shape index (κ3) is 3.32. The minimum Gasteiger partial charge on any atom is -0.485 e. The van der Waals surface area contributed by atoms with Crippen LogP contribution in [0.15, 0.2) is 46.4 Å². The Bertz CT molecular complexity index is 924. The van der Waals surface area contributed by atoms with Crippen LogP contribution in [0.2, 0.25) is 0 Å². The first kappa shape index (κ1) is 17.0. The van der Waals surface area contributed by atoms with Gasteiger partial charge < -0.3 is 9.47 Å². The average Bonchev–Trinajstić information content (AvgIpc) is 3.29. The molecule has 9 heteroatoms. The summed E-state index contributed by atoms with van der Waals surface area (Å²) >= 11 is 2.82. The Morgan fingerprint density at radius 2 is 2.19 bits per heavy atom. The molecule has 3 aromatic rings. The molecule has 0 saturated heterocycles. The van der Waals surface area contributed by atoms with E-state index in [9.17, 15) is 0 Å². The summed E-state index contributed by atoms with van der Waals surface area (Å²) in [5, 5.41) is 9.42. The van der Waals surface area contributed by atoms with Crippen molar-refractivity contribution in [3.05, 3.63) is 48.6 Å². The molecular formula is C17H17N5O2S2. The molecule has 3 heterocycles. The van der Waals surface area contributed by atoms with Gasteiger partial charge in [0, 0.05) is 13.0 Å². The summed E-state index contributed by atoms with van der Waals surface area (Å²) in [7, 11) is 0. The van der Waals surface area contributed by atoms with Crippen LogP contribution in [0.1, 0.15) is 24.7 Å². The number of benzene rings is 1. The Labute approximate surface area is 159 Å². The van der Waals surface area contributed by atoms with E-state index in [2.05, 4.69) is 26.1 Å². The highest BCUT2D eigenvalue weighted by Crippen LogP contribution is 2.36. The van der Waals surface area contributed by atoms with Gasteiger partial charge in [0.05, 0.1) is 0 Å². The zero-order chi connectivity index (χ0) is 17.9. The number of ether oxygens (including phenoxy) is 2. The maximum Gasteiger partial charge on any atom is 0.198 e. The van der Waals surface area contributed by atoms with E-state index < -0.39 is 0 Å². The first-order chi connectivity index (χ1) is 12.8. The Morgan fingerprint density at radius 3 is 2.96 bits per heavy atom. The van der Waals surface area contributed by atoms with Gasteiger partial charge >= 0.3 is 0 Å². The number of allylic oxidation sites excluding steroid dienone is 1. The zero-order valence-corrected chi connectivity index (χ0v) is 15.8. The minimum atomic E-state index is -0.327. The minimum absolute atomic E-state index is 0.327. The molecule has 1 unspecified atom stereocenters. The van der Waals surface area contributed by atoms with E-state index in [0.717, 1.165) is 27.5 Å². The maximum atomic E-state index is 6.07. The van der Waals surface area contributed by atoms with Gasteiger partial charge in [-0.15, -0.1) is 16.8 Å². The van der Waals surface area contributed by atoms with E-state index in [1.807, 2.05) is 41.8 Å². The van der Waals surface area contributed by atoms with Crippen molar-refractivity contribution in [2.45, 2.75) is 35.5 Å². The van der Waals surface area contributed by atoms with Gasteiger partial charge in [0.2, 0.25) is 0 Å². The summed E-state index contributed by atoms with van der Waals surface area (Å²) in [6.07, 6.45) is 2.30. The van der Waals surface area contributed by atoms with Gasteiger partial charge in [0.15, 0.2) is 32.9 Å². The highest BCUT2D eigenvalue weighted by molar-refractivity contribution is 8.00. The van der Waals surface area contributed by atoms with Crippen LogP contribution in [0.4, 0.5) is 0 Å². The number of nitrogens with zero attached hydrogens (tertiary/aromatic N) is 5. The van der Waals surface area contributed by atoms with Crippen LogP contribution in [0.5, 0.6) is 11.5 Å². The summed E-state index contributed by atoms with van der Waals surface area (Å²) in [6.45, 7) is 6.83. The molecule has 0 amide bonds. The summed E-state index contributed by atoms with van der Waals surface area (Å²) in [5.41, 5.74) is 0. The number of aryl methyl sites for hydroxylation is 1. The monoisotopic (exact) mass is 387 g/mol. The fraction of sp³-hybridized carbons (Fsp3) is 0.294. The van der Waals surface area contributed by atoms with Crippen molar-refractivity contribution in [1.82, 2.24) is 24.1 Å². The van der Waals surface area contributed by atoms with E-state index in [4.69, 9.17) is 9.47 Å². The third-order valence-corrected chi connectivity index (χ3v) is 5.57. The molecule has 134 valence electrons.